The molecule has 0 atom stereocenters. The lowest BCUT2D eigenvalue weighted by molar-refractivity contribution is -0.386. The highest BCUT2D eigenvalue weighted by molar-refractivity contribution is 5.80. The third kappa shape index (κ3) is 1.35. The first-order valence-corrected chi connectivity index (χ1v) is 4.05. The van der Waals surface area contributed by atoms with Gasteiger partial charge in [-0.15, -0.1) is 0 Å². The number of nitrogens with one attached hydrogen (secondary N) is 1. The molecule has 0 radical (unpaired) electrons. The summed E-state index contributed by atoms with van der Waals surface area (Å²) in [5.74, 6) is -0.612. The van der Waals surface area contributed by atoms with E-state index in [9.17, 15) is 19.3 Å². The number of hydrogen-bond acceptors (Lipinski definition) is 3. The molecule has 0 fully saturated rings. The van der Waals surface area contributed by atoms with E-state index in [-0.39, 0.29) is 10.9 Å². The lowest BCUT2D eigenvalue weighted by atomic mass is 10.2. The average Bonchev–Trinajstić information content (AvgIpc) is 2.19. The van der Waals surface area contributed by atoms with Gasteiger partial charge in [0.15, 0.2) is 0 Å². The number of benzene rings is 1. The molecular formula is C9H5FN2O3. The Morgan fingerprint density at radius 3 is 2.80 bits per heavy atom. The number of fused-ring (bicyclic) bond motifs is 1. The first-order valence-electron chi connectivity index (χ1n) is 4.05. The molecule has 1 aromatic heterocycles. The molecule has 0 aliphatic rings. The van der Waals surface area contributed by atoms with Gasteiger partial charge < -0.3 is 4.98 Å². The second kappa shape index (κ2) is 3.16. The minimum Gasteiger partial charge on any atom is -0.353 e. The van der Waals surface area contributed by atoms with Gasteiger partial charge in [0.1, 0.15) is 5.82 Å². The molecule has 2 aromatic rings. The highest BCUT2D eigenvalue weighted by atomic mass is 19.1. The van der Waals surface area contributed by atoms with E-state index in [1.54, 1.807) is 0 Å². The van der Waals surface area contributed by atoms with E-state index in [4.69, 9.17) is 0 Å². The molecule has 2 rings (SSSR count). The summed E-state index contributed by atoms with van der Waals surface area (Å²) in [5, 5.41) is 10.4. The van der Waals surface area contributed by atoms with Gasteiger partial charge >= 0.3 is 5.69 Å². The summed E-state index contributed by atoms with van der Waals surface area (Å²) in [5.41, 5.74) is -1.39. The van der Waals surface area contributed by atoms with Crippen LogP contribution in [0.3, 0.4) is 0 Å². The van der Waals surface area contributed by atoms with Crippen LogP contribution in [0.2, 0.25) is 0 Å². The summed E-state index contributed by atoms with van der Waals surface area (Å²) in [7, 11) is 0. The fourth-order valence-electron chi connectivity index (χ4n) is 1.34. The number of para-hydroxylation sites is 1. The van der Waals surface area contributed by atoms with Crippen LogP contribution in [0.1, 0.15) is 0 Å². The lowest BCUT2D eigenvalue weighted by Gasteiger charge is -1.98. The first kappa shape index (κ1) is 9.32. The molecule has 76 valence electrons. The molecule has 0 unspecified atom stereocenters. The van der Waals surface area contributed by atoms with Crippen LogP contribution in [0, 0.1) is 15.9 Å². The van der Waals surface area contributed by atoms with Gasteiger partial charge in [-0.05, 0) is 12.1 Å². The van der Waals surface area contributed by atoms with Crippen LogP contribution < -0.4 is 5.43 Å². The number of nitro groups is 1. The molecule has 5 nitrogen and oxygen atoms in total. The Labute approximate surface area is 82.3 Å². The van der Waals surface area contributed by atoms with Gasteiger partial charge in [0.2, 0.25) is 0 Å². The van der Waals surface area contributed by atoms with E-state index in [2.05, 4.69) is 4.98 Å². The topological polar surface area (TPSA) is 76.0 Å². The minimum atomic E-state index is -0.802. The second-order valence-corrected chi connectivity index (χ2v) is 2.92. The quantitative estimate of drug-likeness (QED) is 0.570. The number of hydrogen-bond donors (Lipinski definition) is 1. The molecule has 1 aromatic carbocycles. The highest BCUT2D eigenvalue weighted by Gasteiger charge is 2.15. The largest absolute Gasteiger partial charge is 0.353 e. The van der Waals surface area contributed by atoms with Crippen molar-refractivity contribution in [3.8, 4) is 0 Å². The summed E-state index contributed by atoms with van der Waals surface area (Å²) < 4.78 is 13.2. The van der Waals surface area contributed by atoms with E-state index in [0.29, 0.717) is 0 Å². The monoisotopic (exact) mass is 208 g/mol. The van der Waals surface area contributed by atoms with Crippen molar-refractivity contribution in [3.63, 3.8) is 0 Å². The smallest absolute Gasteiger partial charge is 0.332 e. The predicted octanol–water partition coefficient (Wildman–Crippen LogP) is 1.58. The van der Waals surface area contributed by atoms with Crippen molar-refractivity contribution < 1.29 is 9.31 Å². The van der Waals surface area contributed by atoms with Gasteiger partial charge in [-0.2, -0.15) is 0 Å². The Balaban J connectivity index is 2.92. The molecule has 1 N–H and O–H groups in total. The van der Waals surface area contributed by atoms with Crippen LogP contribution in [-0.4, -0.2) is 9.91 Å². The third-order valence-electron chi connectivity index (χ3n) is 2.04. The summed E-state index contributed by atoms with van der Waals surface area (Å²) >= 11 is 0. The lowest BCUT2D eigenvalue weighted by Crippen LogP contribution is -2.09. The van der Waals surface area contributed by atoms with Crippen molar-refractivity contribution in [1.82, 2.24) is 4.98 Å². The van der Waals surface area contributed by atoms with Gasteiger partial charge in [-0.1, -0.05) is 6.07 Å². The Morgan fingerprint density at radius 2 is 2.13 bits per heavy atom. The summed E-state index contributed by atoms with van der Waals surface area (Å²) in [6, 6.07) is 3.84. The zero-order chi connectivity index (χ0) is 11.0. The van der Waals surface area contributed by atoms with E-state index in [1.807, 2.05) is 0 Å². The molecular weight excluding hydrogens is 203 g/mol. The van der Waals surface area contributed by atoms with Crippen molar-refractivity contribution >= 4 is 16.6 Å². The van der Waals surface area contributed by atoms with Crippen LogP contribution in [0.5, 0.6) is 0 Å². The van der Waals surface area contributed by atoms with E-state index >= 15 is 0 Å². The van der Waals surface area contributed by atoms with Crippen molar-refractivity contribution in [2.45, 2.75) is 0 Å². The van der Waals surface area contributed by atoms with E-state index in [1.165, 1.54) is 18.2 Å². The zero-order valence-corrected chi connectivity index (χ0v) is 7.36. The Morgan fingerprint density at radius 1 is 1.40 bits per heavy atom. The van der Waals surface area contributed by atoms with Gasteiger partial charge in [-0.3, -0.25) is 14.9 Å². The van der Waals surface area contributed by atoms with Crippen LogP contribution in [-0.2, 0) is 0 Å². The van der Waals surface area contributed by atoms with Crippen molar-refractivity contribution in [2.75, 3.05) is 0 Å². The number of H-pyrrole nitrogens is 1. The molecule has 0 saturated heterocycles. The Hall–Kier alpha value is -2.24. The highest BCUT2D eigenvalue weighted by Crippen LogP contribution is 2.14. The van der Waals surface area contributed by atoms with Crippen LogP contribution in [0.4, 0.5) is 10.1 Å². The van der Waals surface area contributed by atoms with E-state index < -0.39 is 21.9 Å². The second-order valence-electron chi connectivity index (χ2n) is 2.92. The molecule has 0 spiro atoms. The molecule has 6 heteroatoms. The third-order valence-corrected chi connectivity index (χ3v) is 2.04. The van der Waals surface area contributed by atoms with Gasteiger partial charge in [-0.25, -0.2) is 4.39 Å². The van der Waals surface area contributed by atoms with Gasteiger partial charge in [0.05, 0.1) is 22.0 Å². The van der Waals surface area contributed by atoms with Crippen LogP contribution in [0.25, 0.3) is 10.9 Å². The Kier molecular flexibility index (Phi) is 1.96. The molecule has 1 heterocycles. The molecule has 0 saturated carbocycles. The summed E-state index contributed by atoms with van der Waals surface area (Å²) in [6.07, 6.45) is 0.897. The van der Waals surface area contributed by atoms with Gasteiger partial charge in [0, 0.05) is 0 Å². The SMILES string of the molecule is O=c1c([N+](=O)[O-])c[nH]c2c(F)cccc12. The minimum absolute atomic E-state index is 0.0203. The van der Waals surface area contributed by atoms with Gasteiger partial charge in [0.25, 0.3) is 5.43 Å². The standard InChI is InChI=1S/C9H5FN2O3/c10-6-3-1-2-5-8(6)11-4-7(9(5)13)12(14)15/h1-4H,(H,11,13). The molecule has 0 aliphatic heterocycles. The zero-order valence-electron chi connectivity index (χ0n) is 7.36. The number of pyridine rings is 1. The number of aromatic amines is 1. The predicted molar refractivity (Wildman–Crippen MR) is 51.2 cm³/mol. The average molecular weight is 208 g/mol. The fraction of sp³-hybridized carbons (Fsp3) is 0. The fourth-order valence-corrected chi connectivity index (χ4v) is 1.34. The molecule has 0 amide bonds. The van der Waals surface area contributed by atoms with Crippen LogP contribution in [0.15, 0.2) is 29.2 Å². The summed E-state index contributed by atoms with van der Waals surface area (Å²) in [4.78, 5) is 23.5. The maximum atomic E-state index is 13.2. The number of rotatable bonds is 1. The molecule has 0 aliphatic carbocycles. The first-order chi connectivity index (χ1) is 7.11. The van der Waals surface area contributed by atoms with E-state index in [0.717, 1.165) is 6.20 Å². The number of halogens is 1. The molecule has 15 heavy (non-hydrogen) atoms. The van der Waals surface area contributed by atoms with Crippen molar-refractivity contribution in [3.05, 3.63) is 50.6 Å². The Bertz CT molecular complexity index is 606. The maximum Gasteiger partial charge on any atom is 0.332 e. The number of aromatic nitrogens is 1. The van der Waals surface area contributed by atoms with Crippen molar-refractivity contribution in [1.29, 1.82) is 0 Å². The molecule has 0 bridgehead atoms. The van der Waals surface area contributed by atoms with Crippen LogP contribution >= 0.6 is 0 Å². The van der Waals surface area contributed by atoms with Crippen molar-refractivity contribution in [2.24, 2.45) is 0 Å². The normalized spacial score (nSPS) is 10.5. The number of nitrogens with zero attached hydrogens (tertiary/aromatic N) is 1. The maximum absolute atomic E-state index is 13.2. The summed E-state index contributed by atoms with van der Waals surface area (Å²) in [6.45, 7) is 0.